The predicted octanol–water partition coefficient (Wildman–Crippen LogP) is 14.6. The molecular weight excluding hydrogens is 1290 g/mol. The first-order valence-corrected chi connectivity index (χ1v) is 19.0. The van der Waals surface area contributed by atoms with Crippen molar-refractivity contribution < 1.29 is 0 Å². The summed E-state index contributed by atoms with van der Waals surface area (Å²) in [5.74, 6) is 0. The normalized spacial score (nSPS) is 12.5. The lowest BCUT2D eigenvalue weighted by Gasteiger charge is -2.34. The van der Waals surface area contributed by atoms with Crippen LogP contribution in [0.4, 0.5) is 0 Å². The van der Waals surface area contributed by atoms with Gasteiger partial charge in [0.15, 0.2) is 0 Å². The van der Waals surface area contributed by atoms with Gasteiger partial charge in [-0.2, -0.15) is 0 Å². The summed E-state index contributed by atoms with van der Waals surface area (Å²) in [5.41, 5.74) is 4.84. The van der Waals surface area contributed by atoms with E-state index in [4.69, 9.17) is 0 Å². The molecule has 0 atom stereocenters. The molecule has 3 aromatic carbocycles. The highest BCUT2D eigenvalue weighted by atomic mass is 79.9. The minimum Gasteiger partial charge on any atom is -0.0644 e. The molecule has 3 aromatic rings. The third kappa shape index (κ3) is 6.36. The van der Waals surface area contributed by atoms with Crippen LogP contribution in [-0.2, 0) is 6.47 Å². The quantitative estimate of drug-likeness (QED) is 0.176. The SMILES string of the molecule is Br[C](Br)c1ccc(C(Br)(Br)c2ccc(Br)c(Br)c2Br)c(C(Br)(Br)c2ccc(Br)c(Br)c2Br)c1Br. The first-order chi connectivity index (χ1) is 15.6. The molecule has 1 radical (unpaired) electrons. The maximum Gasteiger partial charge on any atom is 0.135 e. The maximum absolute atomic E-state index is 4.01. The summed E-state index contributed by atoms with van der Waals surface area (Å²) in [6.45, 7) is 0. The van der Waals surface area contributed by atoms with Gasteiger partial charge in [0.1, 0.15) is 10.2 Å². The fraction of sp³-hybridized carbons (Fsp3) is 0.0952. The lowest BCUT2D eigenvalue weighted by atomic mass is 9.93. The van der Waals surface area contributed by atoms with Crippen molar-refractivity contribution in [2.24, 2.45) is 0 Å². The van der Waals surface area contributed by atoms with Crippen LogP contribution in [0.5, 0.6) is 0 Å². The number of hydrogen-bond acceptors (Lipinski definition) is 0. The summed E-state index contributed by atoms with van der Waals surface area (Å²) >= 11 is 49.1. The van der Waals surface area contributed by atoms with Crippen LogP contribution in [0, 0.1) is 3.74 Å². The topological polar surface area (TPSA) is 0 Å². The highest BCUT2D eigenvalue weighted by Gasteiger charge is 2.42. The molecule has 0 heterocycles. The van der Waals surface area contributed by atoms with Crippen molar-refractivity contribution in [1.29, 1.82) is 0 Å². The van der Waals surface area contributed by atoms with Crippen LogP contribution in [0.1, 0.15) is 27.8 Å². The van der Waals surface area contributed by atoms with E-state index in [1.54, 1.807) is 0 Å². The van der Waals surface area contributed by atoms with Gasteiger partial charge in [0, 0.05) is 36.9 Å². The van der Waals surface area contributed by atoms with Crippen molar-refractivity contribution in [3.63, 3.8) is 0 Å². The number of halogens is 13. The molecule has 0 unspecified atom stereocenters. The summed E-state index contributed by atoms with van der Waals surface area (Å²) in [7, 11) is 0. The van der Waals surface area contributed by atoms with Gasteiger partial charge in [-0.05, 0) is 130 Å². The Morgan fingerprint density at radius 2 is 0.882 bits per heavy atom. The van der Waals surface area contributed by atoms with E-state index in [0.717, 1.165) is 62.9 Å². The first kappa shape index (κ1) is 32.4. The average molecular weight is 1300 g/mol. The number of rotatable bonds is 5. The molecule has 0 aliphatic carbocycles. The predicted molar refractivity (Wildman–Crippen MR) is 191 cm³/mol. The lowest BCUT2D eigenvalue weighted by Crippen LogP contribution is -2.23. The van der Waals surface area contributed by atoms with E-state index < -0.39 is 6.47 Å². The second-order valence-corrected chi connectivity index (χ2v) is 21.9. The van der Waals surface area contributed by atoms with Gasteiger partial charge < -0.3 is 0 Å². The second-order valence-electron chi connectivity index (χ2n) is 6.70. The van der Waals surface area contributed by atoms with E-state index in [0.29, 0.717) is 0 Å². The zero-order chi connectivity index (χ0) is 25.7. The number of hydrogen-bond donors (Lipinski definition) is 0. The molecule has 0 aliphatic heterocycles. The van der Waals surface area contributed by atoms with Crippen molar-refractivity contribution in [2.45, 2.75) is 6.47 Å². The van der Waals surface area contributed by atoms with Crippen LogP contribution in [0.2, 0.25) is 0 Å². The fourth-order valence-corrected chi connectivity index (χ4v) is 12.7. The van der Waals surface area contributed by atoms with Gasteiger partial charge in [-0.3, -0.25) is 0 Å². The van der Waals surface area contributed by atoms with Gasteiger partial charge in [-0.1, -0.05) is 136 Å². The smallest absolute Gasteiger partial charge is 0.0644 e. The summed E-state index contributed by atoms with van der Waals surface area (Å²) in [6, 6.07) is 12.2. The molecule has 0 spiro atoms. The molecule has 0 nitrogen and oxygen atoms in total. The Morgan fingerprint density at radius 3 is 1.32 bits per heavy atom. The van der Waals surface area contributed by atoms with Crippen LogP contribution < -0.4 is 0 Å². The Morgan fingerprint density at radius 1 is 0.471 bits per heavy atom. The molecule has 0 aromatic heterocycles. The Labute approximate surface area is 307 Å². The Hall–Kier alpha value is 3.90. The number of alkyl halides is 4. The van der Waals surface area contributed by atoms with E-state index >= 15 is 0 Å². The molecule has 13 heteroatoms. The van der Waals surface area contributed by atoms with Crippen molar-refractivity contribution >= 4 is 207 Å². The van der Waals surface area contributed by atoms with E-state index in [9.17, 15) is 0 Å². The summed E-state index contributed by atoms with van der Waals surface area (Å²) < 4.78 is 5.74. The molecule has 0 saturated heterocycles. The summed E-state index contributed by atoms with van der Waals surface area (Å²) in [6.07, 6.45) is 0. The van der Waals surface area contributed by atoms with E-state index in [-0.39, 0.29) is 0 Å². The van der Waals surface area contributed by atoms with Gasteiger partial charge >= 0.3 is 0 Å². The summed E-state index contributed by atoms with van der Waals surface area (Å²) in [5, 5.41) is 0. The molecule has 34 heavy (non-hydrogen) atoms. The zero-order valence-corrected chi connectivity index (χ0v) is 36.5. The van der Waals surface area contributed by atoms with Crippen LogP contribution in [-0.4, -0.2) is 0 Å². The molecule has 0 fully saturated rings. The molecule has 0 saturated carbocycles. The Balaban J connectivity index is 2.41. The Bertz CT molecular complexity index is 1260. The highest BCUT2D eigenvalue weighted by molar-refractivity contribution is 9.27. The van der Waals surface area contributed by atoms with Crippen LogP contribution in [0.25, 0.3) is 0 Å². The minimum atomic E-state index is -0.784. The van der Waals surface area contributed by atoms with Gasteiger partial charge in [0.05, 0.1) is 0 Å². The molecule has 3 rings (SSSR count). The first-order valence-electron chi connectivity index (χ1n) is 8.69. The lowest BCUT2D eigenvalue weighted by molar-refractivity contribution is 0.993. The number of benzene rings is 3. The molecule has 181 valence electrons. The van der Waals surface area contributed by atoms with Gasteiger partial charge in [0.2, 0.25) is 0 Å². The van der Waals surface area contributed by atoms with E-state index in [1.807, 2.05) is 18.2 Å². The zero-order valence-electron chi connectivity index (χ0n) is 15.9. The van der Waals surface area contributed by atoms with Gasteiger partial charge in [-0.25, -0.2) is 0 Å². The third-order valence-corrected chi connectivity index (χ3v) is 16.5. The largest absolute Gasteiger partial charge is 0.135 e. The maximum atomic E-state index is 4.01. The monoisotopic (exact) mass is 1280 g/mol. The average Bonchev–Trinajstić information content (AvgIpc) is 2.74. The fourth-order valence-electron chi connectivity index (χ4n) is 3.11. The minimum absolute atomic E-state index is 0.747. The molecular formula is C21H6Br13. The highest BCUT2D eigenvalue weighted by Crippen LogP contribution is 2.59. The van der Waals surface area contributed by atoms with Crippen LogP contribution >= 0.6 is 207 Å². The van der Waals surface area contributed by atoms with Crippen molar-refractivity contribution in [2.75, 3.05) is 0 Å². The Kier molecular flexibility index (Phi) is 12.2. The van der Waals surface area contributed by atoms with Gasteiger partial charge in [0.25, 0.3) is 0 Å². The van der Waals surface area contributed by atoms with Crippen LogP contribution in [0.3, 0.4) is 0 Å². The van der Waals surface area contributed by atoms with Crippen molar-refractivity contribution in [3.05, 3.63) is 99.3 Å². The molecule has 0 bridgehead atoms. The second kappa shape index (κ2) is 12.8. The van der Waals surface area contributed by atoms with Gasteiger partial charge in [-0.15, -0.1) is 0 Å². The van der Waals surface area contributed by atoms with E-state index in [1.165, 1.54) is 0 Å². The van der Waals surface area contributed by atoms with Crippen molar-refractivity contribution in [3.8, 4) is 0 Å². The van der Waals surface area contributed by atoms with Crippen molar-refractivity contribution in [1.82, 2.24) is 0 Å². The molecule has 0 amide bonds. The van der Waals surface area contributed by atoms with Crippen LogP contribution in [0.15, 0.2) is 67.7 Å². The third-order valence-electron chi connectivity index (χ3n) is 4.74. The van der Waals surface area contributed by atoms with E-state index in [2.05, 4.69) is 225 Å². The molecule has 0 aliphatic rings. The standard InChI is InChI=1S/C21H6Br13/c22-11-5-3-9(15(25)17(11)27)20(31,32)8-2-1-7(19(29)30)14(24)13(8)21(33,34)10-4-6-12(23)18(28)16(10)26/h1-6H. The molecule has 0 N–H and O–H groups in total. The summed E-state index contributed by atoms with van der Waals surface area (Å²) in [4.78, 5) is 0.